The van der Waals surface area contributed by atoms with Crippen LogP contribution in [0.3, 0.4) is 0 Å². The van der Waals surface area contributed by atoms with Crippen molar-refractivity contribution in [2.45, 2.75) is 19.0 Å². The topological polar surface area (TPSA) is 70.8 Å². The summed E-state index contributed by atoms with van der Waals surface area (Å²) in [4.78, 5) is 14.4. The van der Waals surface area contributed by atoms with Crippen LogP contribution in [0.25, 0.3) is 0 Å². The van der Waals surface area contributed by atoms with Gasteiger partial charge in [-0.3, -0.25) is 4.90 Å². The number of hydrogen-bond acceptors (Lipinski definition) is 4. The molecule has 1 aliphatic heterocycles. The number of imidazole rings is 1. The zero-order valence-electron chi connectivity index (χ0n) is 12.8. The summed E-state index contributed by atoms with van der Waals surface area (Å²) in [6, 6.07) is 14.5. The van der Waals surface area contributed by atoms with E-state index in [0.717, 1.165) is 30.9 Å². The van der Waals surface area contributed by atoms with Crippen molar-refractivity contribution in [3.8, 4) is 0 Å². The van der Waals surface area contributed by atoms with Crippen LogP contribution < -0.4 is 5.73 Å². The fourth-order valence-electron chi connectivity index (χ4n) is 3.29. The van der Waals surface area contributed by atoms with Gasteiger partial charge < -0.3 is 10.7 Å². The summed E-state index contributed by atoms with van der Waals surface area (Å²) in [5.74, 6) is 0.892. The molecule has 0 radical (unpaired) electrons. The van der Waals surface area contributed by atoms with E-state index in [0.29, 0.717) is 5.82 Å². The van der Waals surface area contributed by atoms with Gasteiger partial charge >= 0.3 is 0 Å². The second kappa shape index (κ2) is 5.85. The first-order valence-electron chi connectivity index (χ1n) is 7.80. The fraction of sp³-hybridized carbons (Fsp3) is 0.222. The van der Waals surface area contributed by atoms with E-state index in [4.69, 9.17) is 5.73 Å². The predicted molar refractivity (Wildman–Crippen MR) is 89.6 cm³/mol. The van der Waals surface area contributed by atoms with E-state index in [1.165, 1.54) is 11.3 Å². The molecule has 1 aliphatic rings. The normalized spacial score (nSPS) is 17.8. The summed E-state index contributed by atoms with van der Waals surface area (Å²) < 4.78 is 0. The number of nitrogens with two attached hydrogens (primary N) is 1. The van der Waals surface area contributed by atoms with Crippen molar-refractivity contribution in [2.75, 3.05) is 12.3 Å². The first kappa shape index (κ1) is 14.0. The Morgan fingerprint density at radius 3 is 2.83 bits per heavy atom. The molecule has 1 atom stereocenters. The highest BCUT2D eigenvalue weighted by Gasteiger charge is 2.28. The highest BCUT2D eigenvalue weighted by atomic mass is 15.2. The molecule has 0 fully saturated rings. The van der Waals surface area contributed by atoms with E-state index in [-0.39, 0.29) is 5.92 Å². The first-order valence-corrected chi connectivity index (χ1v) is 7.80. The van der Waals surface area contributed by atoms with Crippen LogP contribution in [-0.4, -0.2) is 26.4 Å². The summed E-state index contributed by atoms with van der Waals surface area (Å²) in [6.45, 7) is 2.57. The number of hydrogen-bond donors (Lipinski definition) is 2. The molecule has 0 amide bonds. The largest absolute Gasteiger partial charge is 0.383 e. The minimum Gasteiger partial charge on any atom is -0.383 e. The number of pyridine rings is 1. The smallest absolute Gasteiger partial charge is 0.127 e. The van der Waals surface area contributed by atoms with Gasteiger partial charge in [0.2, 0.25) is 0 Å². The number of H-pyrrole nitrogens is 1. The van der Waals surface area contributed by atoms with E-state index >= 15 is 0 Å². The molecule has 3 aromatic rings. The lowest BCUT2D eigenvalue weighted by molar-refractivity contribution is 0.228. The van der Waals surface area contributed by atoms with Crippen molar-refractivity contribution in [1.82, 2.24) is 19.9 Å². The Bertz CT molecular complexity index is 796. The van der Waals surface area contributed by atoms with Gasteiger partial charge in [0.15, 0.2) is 0 Å². The number of nitrogens with one attached hydrogen (secondary N) is 1. The third-order valence-electron chi connectivity index (χ3n) is 4.43. The molecule has 3 heterocycles. The van der Waals surface area contributed by atoms with Crippen LogP contribution in [0.2, 0.25) is 0 Å². The zero-order valence-corrected chi connectivity index (χ0v) is 12.8. The van der Waals surface area contributed by atoms with Crippen LogP contribution in [0.5, 0.6) is 0 Å². The lowest BCUT2D eigenvalue weighted by Gasteiger charge is -2.32. The van der Waals surface area contributed by atoms with Gasteiger partial charge in [0, 0.05) is 37.3 Å². The van der Waals surface area contributed by atoms with E-state index < -0.39 is 0 Å². The summed E-state index contributed by atoms with van der Waals surface area (Å²) >= 11 is 0. The maximum Gasteiger partial charge on any atom is 0.127 e. The number of aromatic nitrogens is 3. The number of aromatic amines is 1. The standard InChI is InChI=1S/C18H19N5/c19-18-14(7-4-8-20-18)9-23-10-15(13-5-2-1-3-6-13)17-16(11-23)21-12-22-17/h1-8,12,15H,9-11H2,(H2,19,20)(H,21,22). The average molecular weight is 305 g/mol. The van der Waals surface area contributed by atoms with Crippen molar-refractivity contribution >= 4 is 5.82 Å². The lowest BCUT2D eigenvalue weighted by atomic mass is 9.91. The van der Waals surface area contributed by atoms with Gasteiger partial charge in [-0.15, -0.1) is 0 Å². The van der Waals surface area contributed by atoms with Crippen molar-refractivity contribution < 1.29 is 0 Å². The van der Waals surface area contributed by atoms with E-state index in [9.17, 15) is 0 Å². The molecule has 3 N–H and O–H groups in total. The monoisotopic (exact) mass is 305 g/mol. The molecule has 1 aromatic carbocycles. The number of benzene rings is 1. The van der Waals surface area contributed by atoms with Gasteiger partial charge in [0.05, 0.1) is 17.7 Å². The molecule has 0 saturated heterocycles. The maximum absolute atomic E-state index is 6.00. The molecule has 5 heteroatoms. The fourth-order valence-corrected chi connectivity index (χ4v) is 3.29. The van der Waals surface area contributed by atoms with Crippen LogP contribution in [0.15, 0.2) is 55.0 Å². The SMILES string of the molecule is Nc1ncccc1CN1Cc2[nH]cnc2C(c2ccccc2)C1. The van der Waals surface area contributed by atoms with Crippen molar-refractivity contribution in [3.05, 3.63) is 77.5 Å². The zero-order chi connectivity index (χ0) is 15.6. The average Bonchev–Trinajstić information content (AvgIpc) is 3.05. The summed E-state index contributed by atoms with van der Waals surface area (Å²) in [7, 11) is 0. The van der Waals surface area contributed by atoms with Gasteiger partial charge in [0.1, 0.15) is 5.82 Å². The molecule has 4 rings (SSSR count). The third kappa shape index (κ3) is 2.71. The van der Waals surface area contributed by atoms with Crippen molar-refractivity contribution in [1.29, 1.82) is 0 Å². The second-order valence-corrected chi connectivity index (χ2v) is 5.95. The maximum atomic E-state index is 6.00. The highest BCUT2D eigenvalue weighted by molar-refractivity contribution is 5.39. The molecule has 116 valence electrons. The molecule has 0 aliphatic carbocycles. The minimum absolute atomic E-state index is 0.282. The molecule has 23 heavy (non-hydrogen) atoms. The Labute approximate surface area is 135 Å². The van der Waals surface area contributed by atoms with Crippen molar-refractivity contribution in [3.63, 3.8) is 0 Å². The molecular weight excluding hydrogens is 286 g/mol. The number of rotatable bonds is 3. The molecule has 5 nitrogen and oxygen atoms in total. The second-order valence-electron chi connectivity index (χ2n) is 5.95. The van der Waals surface area contributed by atoms with E-state index in [1.807, 2.05) is 18.2 Å². The highest BCUT2D eigenvalue weighted by Crippen LogP contribution is 2.32. The summed E-state index contributed by atoms with van der Waals surface area (Å²) in [5.41, 5.74) is 10.7. The summed E-state index contributed by atoms with van der Waals surface area (Å²) in [6.07, 6.45) is 3.53. The predicted octanol–water partition coefficient (Wildman–Crippen LogP) is 2.53. The Morgan fingerprint density at radius 1 is 1.13 bits per heavy atom. The number of nitrogens with zero attached hydrogens (tertiary/aromatic N) is 3. The number of nitrogen functional groups attached to an aromatic ring is 1. The minimum atomic E-state index is 0.282. The van der Waals surface area contributed by atoms with Gasteiger partial charge in [-0.25, -0.2) is 9.97 Å². The van der Waals surface area contributed by atoms with Crippen molar-refractivity contribution in [2.24, 2.45) is 0 Å². The van der Waals surface area contributed by atoms with Crippen LogP contribution >= 0.6 is 0 Å². The Hall–Kier alpha value is -2.66. The van der Waals surface area contributed by atoms with E-state index in [1.54, 1.807) is 12.5 Å². The molecular formula is C18H19N5. The molecule has 0 spiro atoms. The molecule has 0 bridgehead atoms. The number of fused-ring (bicyclic) bond motifs is 1. The van der Waals surface area contributed by atoms with Crippen LogP contribution in [-0.2, 0) is 13.1 Å². The van der Waals surface area contributed by atoms with Gasteiger partial charge in [0.25, 0.3) is 0 Å². The van der Waals surface area contributed by atoms with Gasteiger partial charge in [-0.1, -0.05) is 36.4 Å². The lowest BCUT2D eigenvalue weighted by Crippen LogP contribution is -2.34. The Balaban J connectivity index is 1.64. The molecule has 0 saturated carbocycles. The van der Waals surface area contributed by atoms with E-state index in [2.05, 4.69) is 44.1 Å². The quantitative estimate of drug-likeness (QED) is 0.780. The Kier molecular flexibility index (Phi) is 3.55. The Morgan fingerprint density at radius 2 is 2.00 bits per heavy atom. The molecule has 1 unspecified atom stereocenters. The third-order valence-corrected chi connectivity index (χ3v) is 4.43. The number of anilines is 1. The van der Waals surface area contributed by atoms with Crippen LogP contribution in [0, 0.1) is 0 Å². The summed E-state index contributed by atoms with van der Waals surface area (Å²) in [5, 5.41) is 0. The van der Waals surface area contributed by atoms with Crippen LogP contribution in [0.1, 0.15) is 28.4 Å². The van der Waals surface area contributed by atoms with Gasteiger partial charge in [-0.05, 0) is 11.6 Å². The van der Waals surface area contributed by atoms with Gasteiger partial charge in [-0.2, -0.15) is 0 Å². The van der Waals surface area contributed by atoms with Crippen LogP contribution in [0.4, 0.5) is 5.82 Å². The first-order chi connectivity index (χ1) is 11.3. The molecule has 2 aromatic heterocycles.